The largest absolute Gasteiger partial charge is 0.481 e. The van der Waals surface area contributed by atoms with Crippen LogP contribution in [0.1, 0.15) is 57.4 Å². The topological polar surface area (TPSA) is 37.3 Å². The highest BCUT2D eigenvalue weighted by Crippen LogP contribution is 2.35. The first kappa shape index (κ1) is 15.4. The maximum absolute atomic E-state index is 11.5. The molecule has 20 heavy (non-hydrogen) atoms. The molecule has 1 aliphatic rings. The van der Waals surface area contributed by atoms with Gasteiger partial charge in [-0.1, -0.05) is 51.7 Å². The summed E-state index contributed by atoms with van der Waals surface area (Å²) in [6.07, 6.45) is 5.73. The Balaban J connectivity index is 2.06. The summed E-state index contributed by atoms with van der Waals surface area (Å²) in [5.41, 5.74) is 0.956. The molecule has 1 aromatic rings. The second-order valence-electron chi connectivity index (χ2n) is 6.01. The summed E-state index contributed by atoms with van der Waals surface area (Å²) in [6, 6.07) is 8.12. The number of benzene rings is 1. The van der Waals surface area contributed by atoms with Crippen molar-refractivity contribution in [2.24, 2.45) is 5.92 Å². The van der Waals surface area contributed by atoms with Gasteiger partial charge in [0.1, 0.15) is 0 Å². The number of carboxylic acid groups (broad SMARTS) is 1. The molecule has 1 saturated carbocycles. The predicted molar refractivity (Wildman–Crippen MR) is 84.4 cm³/mol. The van der Waals surface area contributed by atoms with Crippen molar-refractivity contribution in [3.63, 3.8) is 0 Å². The van der Waals surface area contributed by atoms with Gasteiger partial charge in [-0.2, -0.15) is 0 Å². The minimum atomic E-state index is -0.679. The van der Waals surface area contributed by atoms with Crippen LogP contribution in [0.3, 0.4) is 0 Å². The zero-order valence-corrected chi connectivity index (χ0v) is 13.2. The number of rotatable bonds is 6. The smallest absolute Gasteiger partial charge is 0.310 e. The highest BCUT2D eigenvalue weighted by molar-refractivity contribution is 7.99. The van der Waals surface area contributed by atoms with Crippen molar-refractivity contribution >= 4 is 17.7 Å². The molecule has 1 N–H and O–H groups in total. The Kier molecular flexibility index (Phi) is 5.53. The zero-order valence-electron chi connectivity index (χ0n) is 12.3. The summed E-state index contributed by atoms with van der Waals surface area (Å²) in [7, 11) is 0. The summed E-state index contributed by atoms with van der Waals surface area (Å²) >= 11 is 1.81. The standard InChI is InChI=1S/C17H24O2S/c1-12(2)20-15-9-7-14(8-10-15)16(17(18)19)11-13-5-3-4-6-13/h7-10,12-13,16H,3-6,11H2,1-2H3,(H,18,19). The van der Waals surface area contributed by atoms with Gasteiger partial charge in [-0.05, 0) is 30.0 Å². The third-order valence-corrected chi connectivity index (χ3v) is 5.01. The van der Waals surface area contributed by atoms with Crippen molar-refractivity contribution in [3.05, 3.63) is 29.8 Å². The van der Waals surface area contributed by atoms with Crippen molar-refractivity contribution in [2.45, 2.75) is 62.0 Å². The van der Waals surface area contributed by atoms with Gasteiger partial charge < -0.3 is 5.11 Å². The minimum absolute atomic E-state index is 0.337. The van der Waals surface area contributed by atoms with Crippen LogP contribution in [-0.2, 0) is 4.79 Å². The summed E-state index contributed by atoms with van der Waals surface area (Å²) in [6.45, 7) is 4.33. The van der Waals surface area contributed by atoms with Crippen molar-refractivity contribution in [1.82, 2.24) is 0 Å². The first-order valence-corrected chi connectivity index (χ1v) is 8.43. The van der Waals surface area contributed by atoms with Gasteiger partial charge in [-0.3, -0.25) is 4.79 Å². The van der Waals surface area contributed by atoms with E-state index in [1.54, 1.807) is 0 Å². The van der Waals surface area contributed by atoms with Gasteiger partial charge in [0.05, 0.1) is 5.92 Å². The lowest BCUT2D eigenvalue weighted by Gasteiger charge is -2.17. The van der Waals surface area contributed by atoms with Gasteiger partial charge in [-0.25, -0.2) is 0 Å². The highest BCUT2D eigenvalue weighted by Gasteiger charge is 2.26. The van der Waals surface area contributed by atoms with Crippen molar-refractivity contribution in [2.75, 3.05) is 0 Å². The molecule has 0 heterocycles. The molecule has 110 valence electrons. The van der Waals surface area contributed by atoms with Crippen LogP contribution in [0.5, 0.6) is 0 Å². The molecule has 0 spiro atoms. The van der Waals surface area contributed by atoms with Crippen LogP contribution < -0.4 is 0 Å². The molecule has 0 bridgehead atoms. The summed E-state index contributed by atoms with van der Waals surface area (Å²) in [5.74, 6) is -0.418. The Morgan fingerprint density at radius 2 is 1.85 bits per heavy atom. The van der Waals surface area contributed by atoms with E-state index in [2.05, 4.69) is 26.0 Å². The number of aliphatic carboxylic acids is 1. The molecule has 0 saturated heterocycles. The second kappa shape index (κ2) is 7.16. The molecule has 1 aromatic carbocycles. The van der Waals surface area contributed by atoms with Crippen molar-refractivity contribution < 1.29 is 9.90 Å². The third kappa shape index (κ3) is 4.27. The summed E-state index contributed by atoms with van der Waals surface area (Å²) in [5, 5.41) is 10.0. The normalized spacial score (nSPS) is 17.6. The van der Waals surface area contributed by atoms with Crippen LogP contribution in [0, 0.1) is 5.92 Å². The third-order valence-electron chi connectivity index (χ3n) is 4.00. The SMILES string of the molecule is CC(C)Sc1ccc(C(CC2CCCC2)C(=O)O)cc1. The average Bonchev–Trinajstić information content (AvgIpc) is 2.89. The van der Waals surface area contributed by atoms with Gasteiger partial charge in [-0.15, -0.1) is 11.8 Å². The number of hydrogen-bond acceptors (Lipinski definition) is 2. The van der Waals surface area contributed by atoms with Crippen LogP contribution >= 0.6 is 11.8 Å². The van der Waals surface area contributed by atoms with E-state index in [1.807, 2.05) is 23.9 Å². The van der Waals surface area contributed by atoms with E-state index >= 15 is 0 Å². The lowest BCUT2D eigenvalue weighted by molar-refractivity contribution is -0.139. The second-order valence-corrected chi connectivity index (χ2v) is 7.66. The van der Waals surface area contributed by atoms with Crippen LogP contribution in [0.25, 0.3) is 0 Å². The Labute approximate surface area is 126 Å². The van der Waals surface area contributed by atoms with Gasteiger partial charge in [0, 0.05) is 10.1 Å². The highest BCUT2D eigenvalue weighted by atomic mass is 32.2. The maximum atomic E-state index is 11.5. The fourth-order valence-electron chi connectivity index (χ4n) is 3.01. The van der Waals surface area contributed by atoms with E-state index in [0.717, 1.165) is 12.0 Å². The molecule has 1 aliphatic carbocycles. The Morgan fingerprint density at radius 1 is 1.25 bits per heavy atom. The molecule has 2 nitrogen and oxygen atoms in total. The average molecular weight is 292 g/mol. The molecule has 1 fully saturated rings. The number of carbonyl (C=O) groups is 1. The Hall–Kier alpha value is -0.960. The quantitative estimate of drug-likeness (QED) is 0.755. The molecule has 0 aliphatic heterocycles. The van der Waals surface area contributed by atoms with E-state index < -0.39 is 5.97 Å². The molecule has 1 unspecified atom stereocenters. The zero-order chi connectivity index (χ0) is 14.5. The van der Waals surface area contributed by atoms with Gasteiger partial charge >= 0.3 is 5.97 Å². The lowest BCUT2D eigenvalue weighted by atomic mass is 9.88. The van der Waals surface area contributed by atoms with E-state index in [0.29, 0.717) is 11.2 Å². The van der Waals surface area contributed by atoms with E-state index in [1.165, 1.54) is 30.6 Å². The molecular weight excluding hydrogens is 268 g/mol. The monoisotopic (exact) mass is 292 g/mol. The molecule has 0 aromatic heterocycles. The van der Waals surface area contributed by atoms with Crippen LogP contribution in [-0.4, -0.2) is 16.3 Å². The molecule has 0 radical (unpaired) electrons. The van der Waals surface area contributed by atoms with Gasteiger partial charge in [0.2, 0.25) is 0 Å². The van der Waals surface area contributed by atoms with Crippen LogP contribution in [0.15, 0.2) is 29.2 Å². The first-order valence-electron chi connectivity index (χ1n) is 7.55. The van der Waals surface area contributed by atoms with E-state index in [-0.39, 0.29) is 5.92 Å². The van der Waals surface area contributed by atoms with Crippen molar-refractivity contribution in [3.8, 4) is 0 Å². The lowest BCUT2D eigenvalue weighted by Crippen LogP contribution is -2.15. The predicted octanol–water partition coefficient (Wildman–Crippen LogP) is 4.94. The van der Waals surface area contributed by atoms with Crippen LogP contribution in [0.4, 0.5) is 0 Å². The first-order chi connectivity index (χ1) is 9.56. The number of hydrogen-bond donors (Lipinski definition) is 1. The number of thioether (sulfide) groups is 1. The fraction of sp³-hybridized carbons (Fsp3) is 0.588. The van der Waals surface area contributed by atoms with Crippen molar-refractivity contribution in [1.29, 1.82) is 0 Å². The molecule has 1 atom stereocenters. The maximum Gasteiger partial charge on any atom is 0.310 e. The Bertz CT molecular complexity index is 433. The summed E-state index contributed by atoms with van der Waals surface area (Å²) < 4.78 is 0. The minimum Gasteiger partial charge on any atom is -0.481 e. The molecular formula is C17H24O2S. The van der Waals surface area contributed by atoms with E-state index in [9.17, 15) is 9.90 Å². The van der Waals surface area contributed by atoms with Gasteiger partial charge in [0.15, 0.2) is 0 Å². The Morgan fingerprint density at radius 3 is 2.35 bits per heavy atom. The number of carboxylic acids is 1. The molecule has 3 heteroatoms. The van der Waals surface area contributed by atoms with Crippen LogP contribution in [0.2, 0.25) is 0 Å². The summed E-state index contributed by atoms with van der Waals surface area (Å²) in [4.78, 5) is 12.8. The fourth-order valence-corrected chi connectivity index (χ4v) is 3.85. The molecule has 2 rings (SSSR count). The van der Waals surface area contributed by atoms with Gasteiger partial charge in [0.25, 0.3) is 0 Å². The molecule has 0 amide bonds. The van der Waals surface area contributed by atoms with E-state index in [4.69, 9.17) is 0 Å².